The predicted octanol–water partition coefficient (Wildman–Crippen LogP) is 3.33. The molecule has 1 aliphatic rings. The van der Waals surface area contributed by atoms with Crippen LogP contribution in [0.3, 0.4) is 0 Å². The molecule has 0 aliphatic carbocycles. The van der Waals surface area contributed by atoms with Crippen LogP contribution in [-0.2, 0) is 5.60 Å². The Morgan fingerprint density at radius 2 is 1.58 bits per heavy atom. The van der Waals surface area contributed by atoms with E-state index in [0.29, 0.717) is 18.5 Å². The van der Waals surface area contributed by atoms with Gasteiger partial charge in [-0.25, -0.2) is 0 Å². The lowest BCUT2D eigenvalue weighted by atomic mass is 9.72. The summed E-state index contributed by atoms with van der Waals surface area (Å²) in [6.07, 6.45) is 0.564. The van der Waals surface area contributed by atoms with Gasteiger partial charge < -0.3 is 10.0 Å². The second-order valence-electron chi connectivity index (χ2n) is 7.09. The van der Waals surface area contributed by atoms with Crippen molar-refractivity contribution in [3.63, 3.8) is 0 Å². The minimum atomic E-state index is -1.11. The second-order valence-corrected chi connectivity index (χ2v) is 7.09. The van der Waals surface area contributed by atoms with Gasteiger partial charge in [-0.05, 0) is 32.9 Å². The van der Waals surface area contributed by atoms with E-state index in [1.54, 1.807) is 0 Å². The molecule has 2 aromatic rings. The summed E-state index contributed by atoms with van der Waals surface area (Å²) < 4.78 is 0. The van der Waals surface area contributed by atoms with Gasteiger partial charge in [0.15, 0.2) is 5.78 Å². The van der Waals surface area contributed by atoms with Crippen molar-refractivity contribution in [1.82, 2.24) is 4.90 Å². The summed E-state index contributed by atoms with van der Waals surface area (Å²) in [5.41, 5.74) is 2.68. The number of Topliss-reactive ketones (excluding diaryl/α,β-unsaturated/α-hetero) is 1. The number of rotatable bonds is 3. The van der Waals surface area contributed by atoms with Crippen LogP contribution in [0.25, 0.3) is 0 Å². The van der Waals surface area contributed by atoms with Crippen LogP contribution in [0.5, 0.6) is 0 Å². The standard InChI is InChI=1S/C21H25NO2/c1-15-4-8-17(9-5-15)20(23)19-14-22(3)13-12-21(19,24)18-10-6-16(2)7-11-18/h4-11,19,24H,12-14H2,1-3H3/t19-,21+/m1/s1. The first-order chi connectivity index (χ1) is 11.4. The van der Waals surface area contributed by atoms with Crippen molar-refractivity contribution in [1.29, 1.82) is 0 Å². The molecule has 0 unspecified atom stereocenters. The van der Waals surface area contributed by atoms with Crippen LogP contribution in [0.4, 0.5) is 0 Å². The molecule has 2 aromatic carbocycles. The molecule has 0 aromatic heterocycles. The quantitative estimate of drug-likeness (QED) is 0.881. The Hall–Kier alpha value is -1.97. The van der Waals surface area contributed by atoms with Crippen molar-refractivity contribution in [2.75, 3.05) is 20.1 Å². The zero-order valence-electron chi connectivity index (χ0n) is 14.6. The minimum Gasteiger partial charge on any atom is -0.384 e. The molecule has 126 valence electrons. The molecular weight excluding hydrogens is 298 g/mol. The fourth-order valence-corrected chi connectivity index (χ4v) is 3.50. The SMILES string of the molecule is Cc1ccc(C(=O)[C@H]2CN(C)CC[C@]2(O)c2ccc(C)cc2)cc1. The van der Waals surface area contributed by atoms with Crippen LogP contribution in [0.15, 0.2) is 48.5 Å². The topological polar surface area (TPSA) is 40.5 Å². The molecule has 3 nitrogen and oxygen atoms in total. The number of aryl methyl sites for hydroxylation is 2. The van der Waals surface area contributed by atoms with Crippen LogP contribution in [0.1, 0.15) is 33.5 Å². The number of benzene rings is 2. The maximum atomic E-state index is 13.1. The first-order valence-corrected chi connectivity index (χ1v) is 8.49. The Balaban J connectivity index is 1.98. The fourth-order valence-electron chi connectivity index (χ4n) is 3.50. The normalized spacial score (nSPS) is 24.8. The molecule has 1 heterocycles. The van der Waals surface area contributed by atoms with Crippen molar-refractivity contribution in [2.45, 2.75) is 25.9 Å². The Labute approximate surface area is 143 Å². The molecule has 2 atom stereocenters. The molecule has 1 saturated heterocycles. The lowest BCUT2D eigenvalue weighted by molar-refractivity contribution is -0.0594. The fraction of sp³-hybridized carbons (Fsp3) is 0.381. The van der Waals surface area contributed by atoms with Gasteiger partial charge in [0.05, 0.1) is 5.92 Å². The summed E-state index contributed by atoms with van der Waals surface area (Å²) in [6, 6.07) is 15.5. The van der Waals surface area contributed by atoms with Crippen molar-refractivity contribution in [2.24, 2.45) is 5.92 Å². The van der Waals surface area contributed by atoms with Gasteiger partial charge in [-0.1, -0.05) is 59.7 Å². The van der Waals surface area contributed by atoms with Crippen LogP contribution in [0, 0.1) is 19.8 Å². The highest BCUT2D eigenvalue weighted by atomic mass is 16.3. The highest BCUT2D eigenvalue weighted by molar-refractivity contribution is 5.99. The maximum absolute atomic E-state index is 13.1. The maximum Gasteiger partial charge on any atom is 0.170 e. The third kappa shape index (κ3) is 3.14. The molecule has 3 rings (SSSR count). The summed E-state index contributed by atoms with van der Waals surface area (Å²) in [7, 11) is 2.00. The van der Waals surface area contributed by atoms with E-state index in [9.17, 15) is 9.90 Å². The molecule has 1 N–H and O–H groups in total. The number of ketones is 1. The van der Waals surface area contributed by atoms with E-state index in [0.717, 1.165) is 23.2 Å². The van der Waals surface area contributed by atoms with E-state index in [4.69, 9.17) is 0 Å². The van der Waals surface area contributed by atoms with Gasteiger partial charge in [0, 0.05) is 18.7 Å². The van der Waals surface area contributed by atoms with Crippen LogP contribution in [-0.4, -0.2) is 35.9 Å². The first-order valence-electron chi connectivity index (χ1n) is 8.49. The lowest BCUT2D eigenvalue weighted by Crippen LogP contribution is -2.52. The lowest BCUT2D eigenvalue weighted by Gasteiger charge is -2.43. The smallest absolute Gasteiger partial charge is 0.170 e. The molecule has 0 saturated carbocycles. The van der Waals surface area contributed by atoms with Gasteiger partial charge >= 0.3 is 0 Å². The minimum absolute atomic E-state index is 0.0182. The summed E-state index contributed by atoms with van der Waals surface area (Å²) >= 11 is 0. The zero-order valence-corrected chi connectivity index (χ0v) is 14.6. The van der Waals surface area contributed by atoms with E-state index >= 15 is 0 Å². The van der Waals surface area contributed by atoms with E-state index in [1.807, 2.05) is 69.4 Å². The monoisotopic (exact) mass is 323 g/mol. The molecule has 24 heavy (non-hydrogen) atoms. The number of nitrogens with zero attached hydrogens (tertiary/aromatic N) is 1. The van der Waals surface area contributed by atoms with Crippen LogP contribution >= 0.6 is 0 Å². The first kappa shape index (κ1) is 16.9. The van der Waals surface area contributed by atoms with Crippen LogP contribution < -0.4 is 0 Å². The molecule has 0 bridgehead atoms. The van der Waals surface area contributed by atoms with Gasteiger partial charge in [0.25, 0.3) is 0 Å². The number of hydrogen-bond donors (Lipinski definition) is 1. The van der Waals surface area contributed by atoms with E-state index in [2.05, 4.69) is 4.90 Å². The molecule has 1 aliphatic heterocycles. The Morgan fingerprint density at radius 1 is 1.04 bits per heavy atom. The van der Waals surface area contributed by atoms with Crippen LogP contribution in [0.2, 0.25) is 0 Å². The molecular formula is C21H25NO2. The van der Waals surface area contributed by atoms with Crippen molar-refractivity contribution in [3.05, 3.63) is 70.8 Å². The van der Waals surface area contributed by atoms with Gasteiger partial charge in [-0.2, -0.15) is 0 Å². The molecule has 1 fully saturated rings. The highest BCUT2D eigenvalue weighted by Crippen LogP contribution is 2.39. The van der Waals surface area contributed by atoms with Gasteiger partial charge in [-0.15, -0.1) is 0 Å². The Morgan fingerprint density at radius 3 is 2.17 bits per heavy atom. The average molecular weight is 323 g/mol. The Bertz CT molecular complexity index is 721. The predicted molar refractivity (Wildman–Crippen MR) is 96.2 cm³/mol. The second kappa shape index (κ2) is 6.50. The average Bonchev–Trinajstić information content (AvgIpc) is 2.58. The van der Waals surface area contributed by atoms with Gasteiger partial charge in [0.2, 0.25) is 0 Å². The third-order valence-electron chi connectivity index (χ3n) is 5.15. The van der Waals surface area contributed by atoms with Crippen molar-refractivity contribution in [3.8, 4) is 0 Å². The molecule has 0 amide bonds. The van der Waals surface area contributed by atoms with Crippen molar-refractivity contribution >= 4 is 5.78 Å². The summed E-state index contributed by atoms with van der Waals surface area (Å²) in [4.78, 5) is 15.3. The summed E-state index contributed by atoms with van der Waals surface area (Å²) in [5.74, 6) is -0.439. The number of carbonyl (C=O) groups excluding carboxylic acids is 1. The Kier molecular flexibility index (Phi) is 4.57. The van der Waals surface area contributed by atoms with E-state index < -0.39 is 11.5 Å². The highest BCUT2D eigenvalue weighted by Gasteiger charge is 2.46. The summed E-state index contributed by atoms with van der Waals surface area (Å²) in [5, 5.41) is 11.4. The molecule has 0 spiro atoms. The molecule has 3 heteroatoms. The third-order valence-corrected chi connectivity index (χ3v) is 5.15. The van der Waals surface area contributed by atoms with E-state index in [-0.39, 0.29) is 5.78 Å². The zero-order chi connectivity index (χ0) is 17.3. The summed E-state index contributed by atoms with van der Waals surface area (Å²) in [6.45, 7) is 5.38. The largest absolute Gasteiger partial charge is 0.384 e. The molecule has 0 radical (unpaired) electrons. The van der Waals surface area contributed by atoms with Gasteiger partial charge in [-0.3, -0.25) is 4.79 Å². The number of carbonyl (C=O) groups is 1. The van der Waals surface area contributed by atoms with E-state index in [1.165, 1.54) is 0 Å². The number of piperidine rings is 1. The number of aliphatic hydroxyl groups is 1. The van der Waals surface area contributed by atoms with Crippen molar-refractivity contribution < 1.29 is 9.90 Å². The van der Waals surface area contributed by atoms with Gasteiger partial charge in [0.1, 0.15) is 5.60 Å². The number of hydrogen-bond acceptors (Lipinski definition) is 3. The number of likely N-dealkylation sites (tertiary alicyclic amines) is 1.